The van der Waals surface area contributed by atoms with Crippen molar-refractivity contribution in [1.82, 2.24) is 0 Å². The summed E-state index contributed by atoms with van der Waals surface area (Å²) in [5.74, 6) is -1.97. The minimum atomic E-state index is -1.38. The van der Waals surface area contributed by atoms with E-state index >= 15 is 0 Å². The first-order valence-electron chi connectivity index (χ1n) is 3.56. The molecule has 1 unspecified atom stereocenters. The van der Waals surface area contributed by atoms with Crippen LogP contribution in [0.15, 0.2) is 12.1 Å². The van der Waals surface area contributed by atoms with Crippen molar-refractivity contribution in [3.05, 3.63) is 33.6 Å². The van der Waals surface area contributed by atoms with Gasteiger partial charge in [-0.3, -0.25) is 4.79 Å². The van der Waals surface area contributed by atoms with Crippen LogP contribution in [0.1, 0.15) is 11.6 Å². The van der Waals surface area contributed by atoms with Crippen LogP contribution in [0.2, 0.25) is 10.0 Å². The van der Waals surface area contributed by atoms with E-state index in [0.717, 1.165) is 12.1 Å². The maximum atomic E-state index is 12.8. The Morgan fingerprint density at radius 3 is 2.57 bits per heavy atom. The summed E-state index contributed by atoms with van der Waals surface area (Å²) in [5, 5.41) is 8.50. The predicted octanol–water partition coefficient (Wildman–Crippen LogP) is 2.22. The van der Waals surface area contributed by atoms with Gasteiger partial charge < -0.3 is 10.8 Å². The Balaban J connectivity index is 3.26. The lowest BCUT2D eigenvalue weighted by molar-refractivity contribution is -0.138. The summed E-state index contributed by atoms with van der Waals surface area (Å²) < 4.78 is 12.8. The van der Waals surface area contributed by atoms with E-state index in [1.165, 1.54) is 0 Å². The Labute approximate surface area is 89.2 Å². The van der Waals surface area contributed by atoms with E-state index in [-0.39, 0.29) is 15.6 Å². The average molecular weight is 238 g/mol. The molecule has 0 amide bonds. The lowest BCUT2D eigenvalue weighted by Crippen LogP contribution is -2.21. The number of nitrogens with two attached hydrogens (primary N) is 1. The second kappa shape index (κ2) is 4.13. The van der Waals surface area contributed by atoms with Gasteiger partial charge in [-0.05, 0) is 12.1 Å². The van der Waals surface area contributed by atoms with Crippen LogP contribution in [0.3, 0.4) is 0 Å². The zero-order valence-electron chi connectivity index (χ0n) is 6.80. The summed E-state index contributed by atoms with van der Waals surface area (Å²) in [5.41, 5.74) is 5.23. The molecule has 14 heavy (non-hydrogen) atoms. The topological polar surface area (TPSA) is 63.3 Å². The number of carbonyl (C=O) groups is 1. The fourth-order valence-corrected chi connectivity index (χ4v) is 1.38. The van der Waals surface area contributed by atoms with Gasteiger partial charge in [0.15, 0.2) is 0 Å². The monoisotopic (exact) mass is 237 g/mol. The van der Waals surface area contributed by atoms with Crippen LogP contribution in [0.5, 0.6) is 0 Å². The van der Waals surface area contributed by atoms with Crippen molar-refractivity contribution in [1.29, 1.82) is 0 Å². The van der Waals surface area contributed by atoms with Crippen molar-refractivity contribution in [2.24, 2.45) is 5.73 Å². The molecule has 1 aromatic carbocycles. The molecular formula is C8H6Cl2FNO2. The first kappa shape index (κ1) is 11.2. The molecule has 0 spiro atoms. The van der Waals surface area contributed by atoms with Crippen molar-refractivity contribution in [2.75, 3.05) is 0 Å². The first-order chi connectivity index (χ1) is 6.43. The number of carboxylic acid groups (broad SMARTS) is 1. The highest BCUT2D eigenvalue weighted by molar-refractivity contribution is 6.42. The van der Waals surface area contributed by atoms with Gasteiger partial charge in [0, 0.05) is 5.56 Å². The predicted molar refractivity (Wildman–Crippen MR) is 51.0 cm³/mol. The van der Waals surface area contributed by atoms with Gasteiger partial charge in [-0.15, -0.1) is 0 Å². The van der Waals surface area contributed by atoms with E-state index in [4.69, 9.17) is 34.0 Å². The molecule has 0 aliphatic heterocycles. The quantitative estimate of drug-likeness (QED) is 0.776. The van der Waals surface area contributed by atoms with Crippen LogP contribution < -0.4 is 5.73 Å². The summed E-state index contributed by atoms with van der Waals surface area (Å²) in [7, 11) is 0. The molecule has 0 aliphatic rings. The number of rotatable bonds is 2. The van der Waals surface area contributed by atoms with Crippen molar-refractivity contribution in [2.45, 2.75) is 6.04 Å². The van der Waals surface area contributed by atoms with Gasteiger partial charge in [-0.25, -0.2) is 4.39 Å². The summed E-state index contributed by atoms with van der Waals surface area (Å²) in [4.78, 5) is 10.5. The molecule has 0 radical (unpaired) electrons. The second-order valence-corrected chi connectivity index (χ2v) is 3.39. The van der Waals surface area contributed by atoms with Crippen LogP contribution in [-0.2, 0) is 4.79 Å². The van der Waals surface area contributed by atoms with Crippen molar-refractivity contribution in [3.63, 3.8) is 0 Å². The van der Waals surface area contributed by atoms with Gasteiger partial charge in [0.05, 0.1) is 10.0 Å². The second-order valence-electron chi connectivity index (χ2n) is 2.61. The molecule has 0 fully saturated rings. The molecule has 0 saturated carbocycles. The van der Waals surface area contributed by atoms with Crippen LogP contribution in [0, 0.1) is 5.82 Å². The standard InChI is InChI=1S/C8H6Cl2FNO2/c9-5-2-3(11)1-4(6(5)10)7(12)8(13)14/h1-2,7H,12H2,(H,13,14). The highest BCUT2D eigenvalue weighted by Crippen LogP contribution is 2.30. The molecule has 0 saturated heterocycles. The Morgan fingerprint density at radius 2 is 2.07 bits per heavy atom. The smallest absolute Gasteiger partial charge is 0.325 e. The Hall–Kier alpha value is -0.840. The summed E-state index contributed by atoms with van der Waals surface area (Å²) in [6.45, 7) is 0. The highest BCUT2D eigenvalue weighted by atomic mass is 35.5. The molecule has 6 heteroatoms. The van der Waals surface area contributed by atoms with E-state index in [1.54, 1.807) is 0 Å². The van der Waals surface area contributed by atoms with Gasteiger partial charge in [-0.2, -0.15) is 0 Å². The van der Waals surface area contributed by atoms with E-state index in [0.29, 0.717) is 0 Å². The van der Waals surface area contributed by atoms with Gasteiger partial charge in [0.2, 0.25) is 0 Å². The minimum absolute atomic E-state index is 0.0378. The third kappa shape index (κ3) is 2.15. The van der Waals surface area contributed by atoms with Crippen LogP contribution in [0.4, 0.5) is 4.39 Å². The zero-order chi connectivity index (χ0) is 10.9. The van der Waals surface area contributed by atoms with Crippen LogP contribution >= 0.6 is 23.2 Å². The summed E-state index contributed by atoms with van der Waals surface area (Å²) >= 11 is 11.2. The minimum Gasteiger partial charge on any atom is -0.480 e. The van der Waals surface area contributed by atoms with Crippen LogP contribution in [0.25, 0.3) is 0 Å². The average Bonchev–Trinajstić information content (AvgIpc) is 2.09. The Kier molecular flexibility index (Phi) is 3.31. The fourth-order valence-electron chi connectivity index (χ4n) is 0.935. The number of hydrogen-bond acceptors (Lipinski definition) is 2. The maximum Gasteiger partial charge on any atom is 0.325 e. The number of aliphatic carboxylic acids is 1. The number of hydrogen-bond donors (Lipinski definition) is 2. The summed E-state index contributed by atoms with van der Waals surface area (Å²) in [6, 6.07) is 0.560. The molecule has 0 aliphatic carbocycles. The molecule has 0 bridgehead atoms. The lowest BCUT2D eigenvalue weighted by atomic mass is 10.1. The van der Waals surface area contributed by atoms with E-state index in [2.05, 4.69) is 0 Å². The first-order valence-corrected chi connectivity index (χ1v) is 4.32. The molecule has 1 aromatic rings. The molecule has 0 heterocycles. The maximum absolute atomic E-state index is 12.8. The third-order valence-electron chi connectivity index (χ3n) is 1.62. The van der Waals surface area contributed by atoms with Gasteiger partial charge in [0.25, 0.3) is 0 Å². The number of halogens is 3. The van der Waals surface area contributed by atoms with Gasteiger partial charge in [-0.1, -0.05) is 23.2 Å². The normalized spacial score (nSPS) is 12.6. The van der Waals surface area contributed by atoms with Gasteiger partial charge in [0.1, 0.15) is 11.9 Å². The van der Waals surface area contributed by atoms with Gasteiger partial charge >= 0.3 is 5.97 Å². The Bertz CT molecular complexity index is 384. The summed E-state index contributed by atoms with van der Waals surface area (Å²) in [6.07, 6.45) is 0. The van der Waals surface area contributed by atoms with E-state index in [1.807, 2.05) is 0 Å². The molecule has 3 N–H and O–H groups in total. The van der Waals surface area contributed by atoms with Crippen molar-refractivity contribution >= 4 is 29.2 Å². The SMILES string of the molecule is NC(C(=O)O)c1cc(F)cc(Cl)c1Cl. The fraction of sp³-hybridized carbons (Fsp3) is 0.125. The highest BCUT2D eigenvalue weighted by Gasteiger charge is 2.20. The van der Waals surface area contributed by atoms with E-state index in [9.17, 15) is 9.18 Å². The molecular weight excluding hydrogens is 232 g/mol. The number of carboxylic acids is 1. The third-order valence-corrected chi connectivity index (χ3v) is 2.44. The lowest BCUT2D eigenvalue weighted by Gasteiger charge is -2.10. The van der Waals surface area contributed by atoms with Crippen molar-refractivity contribution < 1.29 is 14.3 Å². The molecule has 0 aromatic heterocycles. The molecule has 3 nitrogen and oxygen atoms in total. The molecule has 1 rings (SSSR count). The molecule has 76 valence electrons. The number of benzene rings is 1. The Morgan fingerprint density at radius 1 is 1.50 bits per heavy atom. The van der Waals surface area contributed by atoms with Crippen molar-refractivity contribution in [3.8, 4) is 0 Å². The zero-order valence-corrected chi connectivity index (χ0v) is 8.31. The van der Waals surface area contributed by atoms with Crippen LogP contribution in [-0.4, -0.2) is 11.1 Å². The largest absolute Gasteiger partial charge is 0.480 e. The molecule has 1 atom stereocenters. The van der Waals surface area contributed by atoms with E-state index < -0.39 is 17.8 Å².